The minimum absolute atomic E-state index is 0.0846. The van der Waals surface area contributed by atoms with Crippen LogP contribution in [0.5, 0.6) is 0 Å². The van der Waals surface area contributed by atoms with Crippen molar-refractivity contribution in [2.75, 3.05) is 0 Å². The average Bonchev–Trinajstić information content (AvgIpc) is 2.85. The maximum absolute atomic E-state index is 5.08. The molecule has 4 nitrogen and oxygen atoms in total. The smallest absolute Gasteiger partial charge is 0.142 e. The molecular formula is C16H26N2O2. The Labute approximate surface area is 121 Å². The summed E-state index contributed by atoms with van der Waals surface area (Å²) in [6.07, 6.45) is 0. The lowest BCUT2D eigenvalue weighted by Crippen LogP contribution is -2.10. The molecule has 4 heteroatoms. The highest BCUT2D eigenvalue weighted by Gasteiger charge is 2.18. The summed E-state index contributed by atoms with van der Waals surface area (Å²) in [5, 5.41) is 7.72. The maximum Gasteiger partial charge on any atom is 0.142 e. The first-order valence-electron chi connectivity index (χ1n) is 6.88. The summed E-state index contributed by atoms with van der Waals surface area (Å²) >= 11 is 0. The lowest BCUT2D eigenvalue weighted by Gasteiger charge is -2.12. The van der Waals surface area contributed by atoms with Gasteiger partial charge in [0, 0.05) is 23.0 Å². The molecule has 0 fully saturated rings. The van der Waals surface area contributed by atoms with Gasteiger partial charge in [-0.15, -0.1) is 0 Å². The van der Waals surface area contributed by atoms with Crippen LogP contribution in [-0.2, 0) is 10.8 Å². The van der Waals surface area contributed by atoms with Crippen molar-refractivity contribution >= 4 is 0 Å². The van der Waals surface area contributed by atoms with E-state index in [9.17, 15) is 0 Å². The van der Waals surface area contributed by atoms with E-state index in [2.05, 4.69) is 51.9 Å². The normalized spacial score (nSPS) is 12.0. The molecule has 0 aliphatic heterocycles. The van der Waals surface area contributed by atoms with E-state index >= 15 is 0 Å². The third-order valence-electron chi connectivity index (χ3n) is 2.76. The van der Waals surface area contributed by atoms with Crippen molar-refractivity contribution in [2.24, 2.45) is 0 Å². The van der Waals surface area contributed by atoms with Crippen molar-refractivity contribution in [3.63, 3.8) is 0 Å². The Morgan fingerprint density at radius 3 is 1.60 bits per heavy atom. The Kier molecular flexibility index (Phi) is 4.79. The van der Waals surface area contributed by atoms with Crippen LogP contribution in [0.2, 0.25) is 0 Å². The first-order valence-corrected chi connectivity index (χ1v) is 6.88. The van der Waals surface area contributed by atoms with Crippen LogP contribution in [0.1, 0.15) is 64.5 Å². The molecule has 0 saturated carbocycles. The molecule has 0 aromatic carbocycles. The third-order valence-corrected chi connectivity index (χ3v) is 2.76. The third kappa shape index (κ3) is 4.83. The summed E-state index contributed by atoms with van der Waals surface area (Å²) in [5.74, 6) is 1.83. The van der Waals surface area contributed by atoms with Gasteiger partial charge >= 0.3 is 0 Å². The second-order valence-electron chi connectivity index (χ2n) is 7.16. The lowest BCUT2D eigenvalue weighted by molar-refractivity contribution is 0.327. The predicted molar refractivity (Wildman–Crippen MR) is 79.9 cm³/mol. The van der Waals surface area contributed by atoms with Crippen molar-refractivity contribution in [3.8, 4) is 0 Å². The minimum Gasteiger partial charge on any atom is -0.361 e. The highest BCUT2D eigenvalue weighted by atomic mass is 16.5. The summed E-state index contributed by atoms with van der Waals surface area (Å²) in [7, 11) is 0. The molecule has 2 aromatic rings. The molecule has 20 heavy (non-hydrogen) atoms. The van der Waals surface area contributed by atoms with E-state index in [0.717, 1.165) is 22.9 Å². The number of aromatic nitrogens is 2. The summed E-state index contributed by atoms with van der Waals surface area (Å²) in [4.78, 5) is 0. The molecule has 0 bridgehead atoms. The standard InChI is InChI=1S/2C8H13NO/c1-6-5-7(9-10-6)8(2,3)4;1-6-5-7(10-9-6)8(2,3)4/h2*5H,1-4H3. The van der Waals surface area contributed by atoms with E-state index in [1.807, 2.05) is 26.0 Å². The van der Waals surface area contributed by atoms with E-state index in [1.54, 1.807) is 0 Å². The summed E-state index contributed by atoms with van der Waals surface area (Å²) in [6, 6.07) is 3.94. The first kappa shape index (κ1) is 16.5. The molecule has 0 N–H and O–H groups in total. The second kappa shape index (κ2) is 5.81. The molecule has 2 rings (SSSR count). The van der Waals surface area contributed by atoms with Crippen LogP contribution in [0.25, 0.3) is 0 Å². The topological polar surface area (TPSA) is 52.1 Å². The summed E-state index contributed by atoms with van der Waals surface area (Å²) in [6.45, 7) is 16.5. The molecule has 0 radical (unpaired) electrons. The minimum atomic E-state index is 0.0846. The van der Waals surface area contributed by atoms with Gasteiger partial charge in [-0.05, 0) is 13.8 Å². The van der Waals surface area contributed by atoms with Crippen LogP contribution in [0.15, 0.2) is 21.2 Å². The van der Waals surface area contributed by atoms with Crippen molar-refractivity contribution < 1.29 is 9.05 Å². The van der Waals surface area contributed by atoms with Gasteiger partial charge in [-0.1, -0.05) is 51.9 Å². The monoisotopic (exact) mass is 278 g/mol. The number of hydrogen-bond donors (Lipinski definition) is 0. The van der Waals surface area contributed by atoms with Gasteiger partial charge in [0.1, 0.15) is 11.5 Å². The zero-order chi connectivity index (χ0) is 15.6. The Hall–Kier alpha value is -1.58. The number of hydrogen-bond acceptors (Lipinski definition) is 4. The van der Waals surface area contributed by atoms with Gasteiger partial charge in [0.2, 0.25) is 0 Å². The molecule has 2 aromatic heterocycles. The van der Waals surface area contributed by atoms with E-state index in [0.29, 0.717) is 0 Å². The molecule has 0 saturated heterocycles. The average molecular weight is 278 g/mol. The fourth-order valence-corrected chi connectivity index (χ4v) is 1.44. The van der Waals surface area contributed by atoms with Gasteiger partial charge in [0.25, 0.3) is 0 Å². The lowest BCUT2D eigenvalue weighted by atomic mass is 9.92. The quantitative estimate of drug-likeness (QED) is 0.708. The van der Waals surface area contributed by atoms with Crippen molar-refractivity contribution in [2.45, 2.75) is 66.2 Å². The Morgan fingerprint density at radius 2 is 1.40 bits per heavy atom. The predicted octanol–water partition coefficient (Wildman–Crippen LogP) is 4.56. The van der Waals surface area contributed by atoms with Crippen LogP contribution in [0, 0.1) is 13.8 Å². The van der Waals surface area contributed by atoms with Gasteiger partial charge in [-0.3, -0.25) is 0 Å². The zero-order valence-electron chi connectivity index (χ0n) is 13.9. The van der Waals surface area contributed by atoms with Crippen LogP contribution in [0.3, 0.4) is 0 Å². The van der Waals surface area contributed by atoms with E-state index in [4.69, 9.17) is 9.05 Å². The van der Waals surface area contributed by atoms with Gasteiger partial charge < -0.3 is 9.05 Å². The zero-order valence-corrected chi connectivity index (χ0v) is 13.9. The Morgan fingerprint density at radius 1 is 0.800 bits per heavy atom. The molecular weight excluding hydrogens is 252 g/mol. The summed E-state index contributed by atoms with van der Waals surface area (Å²) in [5.41, 5.74) is 2.16. The SMILES string of the molecule is Cc1cc(C(C)(C)C)no1.Cc1cc(C(C)(C)C)on1. The summed E-state index contributed by atoms with van der Waals surface area (Å²) < 4.78 is 10.0. The van der Waals surface area contributed by atoms with Crippen LogP contribution >= 0.6 is 0 Å². The van der Waals surface area contributed by atoms with Crippen LogP contribution in [0.4, 0.5) is 0 Å². The highest BCUT2D eigenvalue weighted by molar-refractivity contribution is 5.12. The van der Waals surface area contributed by atoms with Gasteiger partial charge in [0.05, 0.1) is 11.4 Å². The fourth-order valence-electron chi connectivity index (χ4n) is 1.44. The number of aryl methyl sites for hydroxylation is 2. The van der Waals surface area contributed by atoms with Crippen LogP contribution in [-0.4, -0.2) is 10.3 Å². The van der Waals surface area contributed by atoms with E-state index in [1.165, 1.54) is 0 Å². The molecule has 112 valence electrons. The number of rotatable bonds is 0. The van der Waals surface area contributed by atoms with Crippen molar-refractivity contribution in [1.29, 1.82) is 0 Å². The molecule has 0 unspecified atom stereocenters. The largest absolute Gasteiger partial charge is 0.361 e. The second-order valence-corrected chi connectivity index (χ2v) is 7.16. The number of nitrogens with zero attached hydrogens (tertiary/aromatic N) is 2. The van der Waals surface area contributed by atoms with Crippen molar-refractivity contribution in [3.05, 3.63) is 35.0 Å². The molecule has 0 aliphatic rings. The maximum atomic E-state index is 5.08. The van der Waals surface area contributed by atoms with Gasteiger partial charge in [0.15, 0.2) is 0 Å². The molecule has 2 heterocycles. The Balaban J connectivity index is 0.000000200. The van der Waals surface area contributed by atoms with Gasteiger partial charge in [-0.25, -0.2) is 0 Å². The first-order chi connectivity index (χ1) is 9.00. The molecule has 0 atom stereocenters. The highest BCUT2D eigenvalue weighted by Crippen LogP contribution is 2.22. The fraction of sp³-hybridized carbons (Fsp3) is 0.625. The Bertz CT molecular complexity index is 489. The molecule has 0 aliphatic carbocycles. The van der Waals surface area contributed by atoms with Crippen molar-refractivity contribution in [1.82, 2.24) is 10.3 Å². The molecule has 0 amide bonds. The van der Waals surface area contributed by atoms with E-state index < -0.39 is 0 Å². The van der Waals surface area contributed by atoms with Gasteiger partial charge in [-0.2, -0.15) is 0 Å². The van der Waals surface area contributed by atoms with E-state index in [-0.39, 0.29) is 10.8 Å². The molecule has 0 spiro atoms. The van der Waals surface area contributed by atoms with Crippen LogP contribution < -0.4 is 0 Å².